The van der Waals surface area contributed by atoms with E-state index in [0.29, 0.717) is 11.3 Å². The number of aromatic hydroxyl groups is 1. The van der Waals surface area contributed by atoms with E-state index in [9.17, 15) is 29.4 Å². The smallest absolute Gasteiger partial charge is 0.408 e. The van der Waals surface area contributed by atoms with Gasteiger partial charge in [-0.15, -0.1) is 0 Å². The van der Waals surface area contributed by atoms with Crippen LogP contribution in [0.1, 0.15) is 44.4 Å². The number of alkyl carbamates (subject to hydrolysis) is 1. The summed E-state index contributed by atoms with van der Waals surface area (Å²) in [5, 5.41) is 24.9. The van der Waals surface area contributed by atoms with E-state index in [1.807, 2.05) is 0 Å². The van der Waals surface area contributed by atoms with Gasteiger partial charge in [0.05, 0.1) is 23.7 Å². The molecule has 6 N–H and O–H groups in total. The number of amides is 4. The number of aliphatic hydroxyl groups is 1. The summed E-state index contributed by atoms with van der Waals surface area (Å²) in [4.78, 5) is 52.6. The molecular weight excluding hydrogens is 516 g/mol. The summed E-state index contributed by atoms with van der Waals surface area (Å²) in [6, 6.07) is 7.71. The van der Waals surface area contributed by atoms with Crippen molar-refractivity contribution < 1.29 is 34.1 Å². The maximum atomic E-state index is 13.7. The Balaban J connectivity index is 2.53. The Hall–Kier alpha value is -3.83. The number of aliphatic hydroxyl groups excluding tert-OH is 1. The second-order valence-corrected chi connectivity index (χ2v) is 9.95. The molecule has 0 aliphatic carbocycles. The topological polar surface area (TPSA) is 171 Å². The Morgan fingerprint density at radius 3 is 2.26 bits per heavy atom. The number of para-hydroxylation sites is 1. The number of halogens is 1. The molecule has 0 bridgehead atoms. The minimum absolute atomic E-state index is 0.0758. The lowest BCUT2D eigenvalue weighted by molar-refractivity contribution is -0.142. The third kappa shape index (κ3) is 8.63. The summed E-state index contributed by atoms with van der Waals surface area (Å²) in [5.74, 6) is -2.52. The molecular formula is C26H33ClN4O7. The van der Waals surface area contributed by atoms with E-state index < -0.39 is 54.5 Å². The lowest BCUT2D eigenvalue weighted by Crippen LogP contribution is -2.54. The van der Waals surface area contributed by atoms with Crippen molar-refractivity contribution in [1.82, 2.24) is 10.2 Å². The fourth-order valence-corrected chi connectivity index (χ4v) is 3.91. The molecule has 2 aromatic rings. The van der Waals surface area contributed by atoms with E-state index >= 15 is 0 Å². The summed E-state index contributed by atoms with van der Waals surface area (Å²) in [5.41, 5.74) is 5.70. The molecule has 0 fully saturated rings. The first kappa shape index (κ1) is 30.4. The third-order valence-electron chi connectivity index (χ3n) is 5.26. The summed E-state index contributed by atoms with van der Waals surface area (Å²) < 4.78 is 5.21. The first-order valence-corrected chi connectivity index (χ1v) is 12.2. The van der Waals surface area contributed by atoms with Crippen molar-refractivity contribution >= 4 is 41.1 Å². The van der Waals surface area contributed by atoms with Gasteiger partial charge in [-0.05, 0) is 57.0 Å². The van der Waals surface area contributed by atoms with E-state index in [2.05, 4.69) is 10.6 Å². The highest BCUT2D eigenvalue weighted by Crippen LogP contribution is 2.30. The highest BCUT2D eigenvalue weighted by Gasteiger charge is 2.37. The van der Waals surface area contributed by atoms with Crippen LogP contribution in [-0.4, -0.2) is 63.7 Å². The zero-order valence-corrected chi connectivity index (χ0v) is 22.4. The normalized spacial score (nSPS) is 12.7. The lowest BCUT2D eigenvalue weighted by Gasteiger charge is -2.34. The largest absolute Gasteiger partial charge is 0.508 e. The van der Waals surface area contributed by atoms with Gasteiger partial charge in [-0.25, -0.2) is 4.79 Å². The molecule has 2 rings (SSSR count). The molecule has 12 heteroatoms. The number of nitrogens with two attached hydrogens (primary N) is 1. The van der Waals surface area contributed by atoms with Gasteiger partial charge in [-0.2, -0.15) is 0 Å². The van der Waals surface area contributed by atoms with Crippen LogP contribution in [0.2, 0.25) is 5.02 Å². The van der Waals surface area contributed by atoms with Crippen LogP contribution in [0, 0.1) is 6.92 Å². The fraction of sp³-hybridized carbons (Fsp3) is 0.385. The van der Waals surface area contributed by atoms with Crippen molar-refractivity contribution in [3.8, 4) is 5.75 Å². The second kappa shape index (κ2) is 13.1. The van der Waals surface area contributed by atoms with Gasteiger partial charge in [0, 0.05) is 6.54 Å². The molecule has 2 aromatic carbocycles. The summed E-state index contributed by atoms with van der Waals surface area (Å²) in [7, 11) is 0. The number of carbonyl (C=O) groups excluding carboxylic acids is 4. The Bertz CT molecular complexity index is 1140. The average molecular weight is 549 g/mol. The zero-order valence-electron chi connectivity index (χ0n) is 21.7. The molecule has 0 heterocycles. The lowest BCUT2D eigenvalue weighted by atomic mass is 10.0. The van der Waals surface area contributed by atoms with Crippen LogP contribution in [0.25, 0.3) is 0 Å². The maximum absolute atomic E-state index is 13.7. The predicted molar refractivity (Wildman–Crippen MR) is 141 cm³/mol. The number of anilines is 1. The van der Waals surface area contributed by atoms with Crippen molar-refractivity contribution in [2.75, 3.05) is 18.5 Å². The number of hydrogen-bond donors (Lipinski definition) is 5. The van der Waals surface area contributed by atoms with Gasteiger partial charge in [0.1, 0.15) is 23.4 Å². The molecule has 4 amide bonds. The number of nitrogens with one attached hydrogen (secondary N) is 2. The molecule has 11 nitrogen and oxygen atoms in total. The molecule has 2 atom stereocenters. The minimum Gasteiger partial charge on any atom is -0.508 e. The highest BCUT2D eigenvalue weighted by atomic mass is 35.5. The number of primary amides is 1. The van der Waals surface area contributed by atoms with Gasteiger partial charge in [0.15, 0.2) is 0 Å². The van der Waals surface area contributed by atoms with E-state index in [-0.39, 0.29) is 22.9 Å². The van der Waals surface area contributed by atoms with E-state index in [4.69, 9.17) is 22.1 Å². The Kier molecular flexibility index (Phi) is 10.5. The molecule has 0 saturated heterocycles. The summed E-state index contributed by atoms with van der Waals surface area (Å²) in [6.07, 6.45) is -1.56. The highest BCUT2D eigenvalue weighted by molar-refractivity contribution is 6.34. The molecule has 0 aliphatic rings. The molecule has 38 heavy (non-hydrogen) atoms. The Labute approximate surface area is 225 Å². The number of phenols is 1. The van der Waals surface area contributed by atoms with Crippen LogP contribution < -0.4 is 16.4 Å². The van der Waals surface area contributed by atoms with Crippen molar-refractivity contribution in [2.24, 2.45) is 5.73 Å². The number of hydrogen-bond acceptors (Lipinski definition) is 7. The van der Waals surface area contributed by atoms with Gasteiger partial charge in [-0.3, -0.25) is 14.4 Å². The van der Waals surface area contributed by atoms with Gasteiger partial charge in [-0.1, -0.05) is 35.9 Å². The van der Waals surface area contributed by atoms with E-state index in [0.717, 1.165) is 4.90 Å². The van der Waals surface area contributed by atoms with Crippen molar-refractivity contribution in [1.29, 1.82) is 0 Å². The molecule has 0 saturated carbocycles. The SMILES string of the molecule is Cc1cccc(Cl)c1NC(=O)C(c1ccc(O)cc1)N(CCO)C(=O)C(CC(N)=O)NC(=O)OC(C)(C)C. The van der Waals surface area contributed by atoms with Gasteiger partial charge in [0.25, 0.3) is 5.91 Å². The predicted octanol–water partition coefficient (Wildman–Crippen LogP) is 2.62. The zero-order chi connectivity index (χ0) is 28.6. The van der Waals surface area contributed by atoms with Crippen LogP contribution in [0.5, 0.6) is 5.75 Å². The van der Waals surface area contributed by atoms with Crippen molar-refractivity contribution in [3.05, 3.63) is 58.6 Å². The number of benzene rings is 2. The van der Waals surface area contributed by atoms with Gasteiger partial charge >= 0.3 is 6.09 Å². The average Bonchev–Trinajstić information content (AvgIpc) is 2.80. The summed E-state index contributed by atoms with van der Waals surface area (Å²) in [6.45, 7) is 5.71. The monoisotopic (exact) mass is 548 g/mol. The number of carbonyl (C=O) groups is 4. The number of phenolic OH excluding ortho intramolecular Hbond substituents is 1. The van der Waals surface area contributed by atoms with Crippen LogP contribution in [0.4, 0.5) is 10.5 Å². The Morgan fingerprint density at radius 2 is 1.74 bits per heavy atom. The molecule has 206 valence electrons. The number of nitrogens with zero attached hydrogens (tertiary/aromatic N) is 1. The standard InChI is InChI=1S/C26H33ClN4O7/c1-15-6-5-7-18(27)21(15)30-23(35)22(16-8-10-17(33)11-9-16)31(12-13-32)24(36)19(14-20(28)34)29-25(37)38-26(2,3)4/h5-11,19,22,32-33H,12-14H2,1-4H3,(H2,28,34)(H,29,37)(H,30,35). The summed E-state index contributed by atoms with van der Waals surface area (Å²) >= 11 is 6.29. The first-order valence-electron chi connectivity index (χ1n) is 11.8. The van der Waals surface area contributed by atoms with Gasteiger partial charge in [0.2, 0.25) is 11.8 Å². The molecule has 0 radical (unpaired) electrons. The number of ether oxygens (including phenoxy) is 1. The molecule has 0 spiro atoms. The first-order chi connectivity index (χ1) is 17.7. The van der Waals surface area contributed by atoms with E-state index in [1.165, 1.54) is 24.3 Å². The maximum Gasteiger partial charge on any atom is 0.408 e. The third-order valence-corrected chi connectivity index (χ3v) is 5.57. The van der Waals surface area contributed by atoms with Crippen LogP contribution in [0.3, 0.4) is 0 Å². The molecule has 0 aromatic heterocycles. The van der Waals surface area contributed by atoms with Gasteiger partial charge < -0.3 is 36.2 Å². The van der Waals surface area contributed by atoms with Crippen LogP contribution in [0.15, 0.2) is 42.5 Å². The van der Waals surface area contributed by atoms with Crippen molar-refractivity contribution in [2.45, 2.75) is 51.8 Å². The Morgan fingerprint density at radius 1 is 1.11 bits per heavy atom. The second-order valence-electron chi connectivity index (χ2n) is 9.54. The fourth-order valence-electron chi connectivity index (χ4n) is 3.64. The van der Waals surface area contributed by atoms with Crippen LogP contribution >= 0.6 is 11.6 Å². The van der Waals surface area contributed by atoms with Crippen LogP contribution in [-0.2, 0) is 19.1 Å². The van der Waals surface area contributed by atoms with E-state index in [1.54, 1.807) is 45.9 Å². The molecule has 0 aliphatic heterocycles. The quantitative estimate of drug-likeness (QED) is 0.303. The number of aryl methyl sites for hydroxylation is 1. The number of rotatable bonds is 10. The molecule has 2 unspecified atom stereocenters. The van der Waals surface area contributed by atoms with Crippen molar-refractivity contribution in [3.63, 3.8) is 0 Å². The minimum atomic E-state index is -1.50.